The molecule has 0 aliphatic heterocycles. The molecule has 0 heterocycles. The maximum Gasteiger partial charge on any atom is 0.335 e. The average molecular weight is 256 g/mol. The number of aryl methyl sites for hydroxylation is 1. The van der Waals surface area contributed by atoms with Gasteiger partial charge in [-0.1, -0.05) is 12.1 Å². The zero-order valence-corrected chi connectivity index (χ0v) is 10.3. The Hall–Kier alpha value is -2.62. The number of phenolic OH excluding ortho intramolecular Hbond substituents is 1. The Labute approximate surface area is 109 Å². The molecule has 0 saturated heterocycles. The first-order chi connectivity index (χ1) is 9.02. The van der Waals surface area contributed by atoms with E-state index in [0.29, 0.717) is 23.0 Å². The highest BCUT2D eigenvalue weighted by Gasteiger charge is 2.09. The van der Waals surface area contributed by atoms with Crippen molar-refractivity contribution < 1.29 is 19.8 Å². The fraction of sp³-hybridized carbons (Fsp3) is 0.0667. The molecule has 0 unspecified atom stereocenters. The van der Waals surface area contributed by atoms with Crippen LogP contribution >= 0.6 is 0 Å². The van der Waals surface area contributed by atoms with E-state index < -0.39 is 5.97 Å². The number of rotatable bonds is 3. The second kappa shape index (κ2) is 4.94. The van der Waals surface area contributed by atoms with Crippen molar-refractivity contribution in [3.8, 4) is 16.9 Å². The first kappa shape index (κ1) is 12.8. The SMILES string of the molecule is Cc1cc(-c2cccc(C(=O)O)c2)cc(C=O)c1O. The Morgan fingerprint density at radius 3 is 2.53 bits per heavy atom. The molecule has 0 saturated carbocycles. The van der Waals surface area contributed by atoms with E-state index in [-0.39, 0.29) is 16.9 Å². The lowest BCUT2D eigenvalue weighted by Crippen LogP contribution is -1.96. The fourth-order valence-electron chi connectivity index (χ4n) is 1.90. The lowest BCUT2D eigenvalue weighted by Gasteiger charge is -2.08. The van der Waals surface area contributed by atoms with Gasteiger partial charge in [0, 0.05) is 0 Å². The van der Waals surface area contributed by atoms with E-state index in [2.05, 4.69) is 0 Å². The standard InChI is InChI=1S/C15H12O4/c1-9-5-12(7-13(8-16)14(9)17)10-3-2-4-11(6-10)15(18)19/h2-8,17H,1H3,(H,18,19). The third kappa shape index (κ3) is 2.47. The molecular weight excluding hydrogens is 244 g/mol. The number of hydrogen-bond acceptors (Lipinski definition) is 3. The topological polar surface area (TPSA) is 74.6 Å². The van der Waals surface area contributed by atoms with Crippen molar-refractivity contribution in [1.82, 2.24) is 0 Å². The van der Waals surface area contributed by atoms with Gasteiger partial charge in [-0.3, -0.25) is 4.79 Å². The van der Waals surface area contributed by atoms with Crippen LogP contribution in [0.15, 0.2) is 36.4 Å². The number of carboxylic acid groups (broad SMARTS) is 1. The Balaban J connectivity index is 2.59. The monoisotopic (exact) mass is 256 g/mol. The number of carbonyl (C=O) groups is 2. The molecule has 2 N–H and O–H groups in total. The number of carboxylic acids is 1. The molecule has 2 rings (SSSR count). The first-order valence-corrected chi connectivity index (χ1v) is 5.65. The van der Waals surface area contributed by atoms with Gasteiger partial charge in [-0.25, -0.2) is 4.79 Å². The highest BCUT2D eigenvalue weighted by molar-refractivity contribution is 5.90. The van der Waals surface area contributed by atoms with Gasteiger partial charge in [-0.05, 0) is 47.9 Å². The van der Waals surface area contributed by atoms with E-state index in [0.717, 1.165) is 0 Å². The minimum Gasteiger partial charge on any atom is -0.507 e. The molecule has 96 valence electrons. The van der Waals surface area contributed by atoms with Crippen LogP contribution in [-0.4, -0.2) is 22.5 Å². The molecule has 0 fully saturated rings. The van der Waals surface area contributed by atoms with Gasteiger partial charge >= 0.3 is 5.97 Å². The maximum atomic E-state index is 10.9. The lowest BCUT2D eigenvalue weighted by atomic mass is 9.98. The van der Waals surface area contributed by atoms with Crippen LogP contribution in [0, 0.1) is 6.92 Å². The van der Waals surface area contributed by atoms with Crippen LogP contribution < -0.4 is 0 Å². The van der Waals surface area contributed by atoms with Crippen LogP contribution in [0.5, 0.6) is 5.75 Å². The van der Waals surface area contributed by atoms with Gasteiger partial charge in [0.2, 0.25) is 0 Å². The molecular formula is C15H12O4. The minimum atomic E-state index is -1.01. The lowest BCUT2D eigenvalue weighted by molar-refractivity contribution is 0.0696. The van der Waals surface area contributed by atoms with Crippen LogP contribution in [0.4, 0.5) is 0 Å². The normalized spacial score (nSPS) is 10.2. The second-order valence-electron chi connectivity index (χ2n) is 4.23. The third-order valence-electron chi connectivity index (χ3n) is 2.90. The molecule has 0 aliphatic rings. The molecule has 2 aromatic rings. The molecule has 2 aromatic carbocycles. The van der Waals surface area contributed by atoms with Crippen LogP contribution in [0.3, 0.4) is 0 Å². The summed E-state index contributed by atoms with van der Waals surface area (Å²) in [4.78, 5) is 21.8. The number of aromatic carboxylic acids is 1. The van der Waals surface area contributed by atoms with Crippen molar-refractivity contribution in [2.24, 2.45) is 0 Å². The molecule has 0 aromatic heterocycles. The predicted molar refractivity (Wildman–Crippen MR) is 70.6 cm³/mol. The van der Waals surface area contributed by atoms with E-state index in [9.17, 15) is 14.7 Å². The largest absolute Gasteiger partial charge is 0.507 e. The van der Waals surface area contributed by atoms with Gasteiger partial charge in [-0.2, -0.15) is 0 Å². The van der Waals surface area contributed by atoms with Crippen molar-refractivity contribution in [2.75, 3.05) is 0 Å². The van der Waals surface area contributed by atoms with Crippen LogP contribution in [0.25, 0.3) is 11.1 Å². The Bertz CT molecular complexity index is 659. The maximum absolute atomic E-state index is 10.9. The minimum absolute atomic E-state index is 0.0480. The summed E-state index contributed by atoms with van der Waals surface area (Å²) in [6.45, 7) is 1.69. The Kier molecular flexibility index (Phi) is 3.33. The predicted octanol–water partition coefficient (Wildman–Crippen LogP) is 2.88. The molecule has 0 amide bonds. The van der Waals surface area contributed by atoms with Crippen LogP contribution in [-0.2, 0) is 0 Å². The highest BCUT2D eigenvalue weighted by atomic mass is 16.4. The molecule has 4 nitrogen and oxygen atoms in total. The number of phenols is 1. The van der Waals surface area contributed by atoms with Crippen molar-refractivity contribution in [3.05, 3.63) is 53.1 Å². The molecule has 0 bridgehead atoms. The van der Waals surface area contributed by atoms with Gasteiger partial charge in [0.05, 0.1) is 11.1 Å². The number of aldehydes is 1. The number of benzene rings is 2. The van der Waals surface area contributed by atoms with Crippen molar-refractivity contribution >= 4 is 12.3 Å². The van der Waals surface area contributed by atoms with Crippen molar-refractivity contribution in [1.29, 1.82) is 0 Å². The van der Waals surface area contributed by atoms with E-state index in [1.165, 1.54) is 18.2 Å². The van der Waals surface area contributed by atoms with Gasteiger partial charge in [-0.15, -0.1) is 0 Å². The van der Waals surface area contributed by atoms with E-state index in [1.807, 2.05) is 0 Å². The van der Waals surface area contributed by atoms with Gasteiger partial charge in [0.15, 0.2) is 6.29 Å². The van der Waals surface area contributed by atoms with Gasteiger partial charge in [0.25, 0.3) is 0 Å². The quantitative estimate of drug-likeness (QED) is 0.828. The summed E-state index contributed by atoms with van der Waals surface area (Å²) >= 11 is 0. The molecule has 0 aliphatic carbocycles. The molecule has 0 spiro atoms. The van der Waals surface area contributed by atoms with Crippen LogP contribution in [0.1, 0.15) is 26.3 Å². The van der Waals surface area contributed by atoms with E-state index in [1.54, 1.807) is 25.1 Å². The van der Waals surface area contributed by atoms with Crippen molar-refractivity contribution in [2.45, 2.75) is 6.92 Å². The van der Waals surface area contributed by atoms with E-state index in [4.69, 9.17) is 5.11 Å². The number of hydrogen-bond donors (Lipinski definition) is 2. The Morgan fingerprint density at radius 2 is 1.89 bits per heavy atom. The smallest absolute Gasteiger partial charge is 0.335 e. The highest BCUT2D eigenvalue weighted by Crippen LogP contribution is 2.29. The summed E-state index contributed by atoms with van der Waals surface area (Å²) in [5, 5.41) is 18.6. The summed E-state index contributed by atoms with van der Waals surface area (Å²) in [6.07, 6.45) is 0.576. The first-order valence-electron chi connectivity index (χ1n) is 5.65. The van der Waals surface area contributed by atoms with Crippen LogP contribution in [0.2, 0.25) is 0 Å². The summed E-state index contributed by atoms with van der Waals surface area (Å²) in [6, 6.07) is 9.68. The Morgan fingerprint density at radius 1 is 1.16 bits per heavy atom. The second-order valence-corrected chi connectivity index (χ2v) is 4.23. The molecule has 0 radical (unpaired) electrons. The van der Waals surface area contributed by atoms with Crippen molar-refractivity contribution in [3.63, 3.8) is 0 Å². The summed E-state index contributed by atoms with van der Waals surface area (Å²) < 4.78 is 0. The zero-order chi connectivity index (χ0) is 14.0. The summed E-state index contributed by atoms with van der Waals surface area (Å²) in [7, 11) is 0. The summed E-state index contributed by atoms with van der Waals surface area (Å²) in [5.74, 6) is -1.05. The zero-order valence-electron chi connectivity index (χ0n) is 10.3. The fourth-order valence-corrected chi connectivity index (χ4v) is 1.90. The number of carbonyl (C=O) groups excluding carboxylic acids is 1. The van der Waals surface area contributed by atoms with Gasteiger partial charge < -0.3 is 10.2 Å². The van der Waals surface area contributed by atoms with Gasteiger partial charge in [0.1, 0.15) is 5.75 Å². The summed E-state index contributed by atoms with van der Waals surface area (Å²) in [5.41, 5.74) is 2.32. The third-order valence-corrected chi connectivity index (χ3v) is 2.90. The molecule has 0 atom stereocenters. The molecule has 4 heteroatoms. The molecule has 19 heavy (non-hydrogen) atoms. The van der Waals surface area contributed by atoms with E-state index >= 15 is 0 Å². The number of aromatic hydroxyl groups is 1. The average Bonchev–Trinajstić information content (AvgIpc) is 2.41.